The zero-order valence-corrected chi connectivity index (χ0v) is 18.4. The molecule has 0 aromatic rings. The minimum atomic E-state index is -0.651. The molecule has 0 heterocycles. The molecule has 0 radical (unpaired) electrons. The number of rotatable bonds is 20. The number of unbranched alkanes of at least 4 members (excludes halogenated alkanes) is 18. The Kier molecular flexibility index (Phi) is 34.2. The monoisotopic (exact) mass is 386 g/mol. The van der Waals surface area contributed by atoms with Crippen molar-refractivity contribution in [2.75, 3.05) is 0 Å². The van der Waals surface area contributed by atoms with Crippen LogP contribution in [0.25, 0.3) is 0 Å². The van der Waals surface area contributed by atoms with Gasteiger partial charge in [0.05, 0.1) is 0 Å². The topological polar surface area (TPSA) is 68.8 Å². The smallest absolute Gasteiger partial charge is 0.303 e. The molecule has 0 aliphatic heterocycles. The van der Waals surface area contributed by atoms with Crippen LogP contribution >= 0.6 is 0 Å². The summed E-state index contributed by atoms with van der Waals surface area (Å²) in [5.41, 5.74) is 0. The molecule has 0 aromatic heterocycles. The molecule has 0 unspecified atom stereocenters. The Bertz CT molecular complexity index is 266. The maximum Gasteiger partial charge on any atom is 0.303 e. The second-order valence-electron chi connectivity index (χ2n) is 7.51. The summed E-state index contributed by atoms with van der Waals surface area (Å²) in [6.45, 7) is 8.28. The molecule has 0 saturated carbocycles. The van der Waals surface area contributed by atoms with Gasteiger partial charge in [0.1, 0.15) is 0 Å². The van der Waals surface area contributed by atoms with Crippen LogP contribution in [0, 0.1) is 0 Å². The van der Waals surface area contributed by atoms with Gasteiger partial charge in [-0.2, -0.15) is 0 Å². The SMILES string of the molecule is C=C.CCCCCCCCCCCCCCCCCCCCCC(=O)O.O. The molecule has 0 fully saturated rings. The molecule has 0 amide bonds. The van der Waals surface area contributed by atoms with Gasteiger partial charge in [-0.1, -0.05) is 122 Å². The number of carboxylic acids is 1. The van der Waals surface area contributed by atoms with Gasteiger partial charge in [0.25, 0.3) is 0 Å². The molecule has 3 heteroatoms. The minimum absolute atomic E-state index is 0. The summed E-state index contributed by atoms with van der Waals surface area (Å²) in [6.07, 6.45) is 26.1. The molecule has 0 aromatic carbocycles. The molecular weight excluding hydrogens is 336 g/mol. The molecule has 164 valence electrons. The first-order valence-electron chi connectivity index (χ1n) is 11.5. The fourth-order valence-electron chi connectivity index (χ4n) is 3.35. The maximum atomic E-state index is 10.4. The van der Waals surface area contributed by atoms with Crippen LogP contribution in [-0.2, 0) is 4.79 Å². The Morgan fingerprint density at radius 2 is 0.778 bits per heavy atom. The highest BCUT2D eigenvalue weighted by Crippen LogP contribution is 2.14. The summed E-state index contributed by atoms with van der Waals surface area (Å²) in [7, 11) is 0. The minimum Gasteiger partial charge on any atom is -0.481 e. The lowest BCUT2D eigenvalue weighted by Crippen LogP contribution is -1.93. The van der Waals surface area contributed by atoms with Crippen LogP contribution in [0.3, 0.4) is 0 Å². The van der Waals surface area contributed by atoms with E-state index in [9.17, 15) is 4.79 Å². The molecule has 27 heavy (non-hydrogen) atoms. The number of carbonyl (C=O) groups is 1. The van der Waals surface area contributed by atoms with Crippen molar-refractivity contribution < 1.29 is 15.4 Å². The predicted octanol–water partition coefficient (Wildman–Crippen LogP) is 7.87. The van der Waals surface area contributed by atoms with E-state index in [1.54, 1.807) is 0 Å². The molecule has 0 aliphatic rings. The molecule has 0 atom stereocenters. The molecular formula is C24H50O3. The first-order chi connectivity index (χ1) is 12.8. The number of hydrogen-bond acceptors (Lipinski definition) is 1. The second-order valence-corrected chi connectivity index (χ2v) is 7.51. The first kappa shape index (κ1) is 30.9. The van der Waals surface area contributed by atoms with E-state index >= 15 is 0 Å². The van der Waals surface area contributed by atoms with Crippen molar-refractivity contribution in [1.29, 1.82) is 0 Å². The van der Waals surface area contributed by atoms with Crippen LogP contribution in [0.2, 0.25) is 0 Å². The quantitative estimate of drug-likeness (QED) is 0.171. The van der Waals surface area contributed by atoms with Gasteiger partial charge in [-0.15, -0.1) is 13.2 Å². The third-order valence-corrected chi connectivity index (χ3v) is 4.99. The van der Waals surface area contributed by atoms with Gasteiger partial charge in [-0.05, 0) is 6.42 Å². The van der Waals surface area contributed by atoms with Gasteiger partial charge in [0.2, 0.25) is 0 Å². The van der Waals surface area contributed by atoms with E-state index in [1.807, 2.05) is 0 Å². The van der Waals surface area contributed by atoms with E-state index in [-0.39, 0.29) is 5.48 Å². The standard InChI is InChI=1S/C22H44O2.C2H4.H2O/c1-2-3-4-5-6-7-8-9-10-11-12-13-14-15-16-17-18-19-20-21-22(23)24;1-2;/h2-21H2,1H3,(H,23,24);1-2H2;1H2. The van der Waals surface area contributed by atoms with E-state index < -0.39 is 5.97 Å². The van der Waals surface area contributed by atoms with Crippen molar-refractivity contribution in [2.24, 2.45) is 0 Å². The highest BCUT2D eigenvalue weighted by molar-refractivity contribution is 5.66. The lowest BCUT2D eigenvalue weighted by atomic mass is 10.0. The Hall–Kier alpha value is -0.830. The molecule has 3 nitrogen and oxygen atoms in total. The summed E-state index contributed by atoms with van der Waals surface area (Å²) >= 11 is 0. The van der Waals surface area contributed by atoms with Gasteiger partial charge < -0.3 is 10.6 Å². The summed E-state index contributed by atoms with van der Waals surface area (Å²) in [6, 6.07) is 0. The van der Waals surface area contributed by atoms with E-state index in [0.29, 0.717) is 6.42 Å². The fourth-order valence-corrected chi connectivity index (χ4v) is 3.35. The van der Waals surface area contributed by atoms with Gasteiger partial charge in [0, 0.05) is 6.42 Å². The van der Waals surface area contributed by atoms with Crippen LogP contribution < -0.4 is 0 Å². The van der Waals surface area contributed by atoms with Crippen LogP contribution in [0.4, 0.5) is 0 Å². The van der Waals surface area contributed by atoms with Crippen LogP contribution in [0.1, 0.15) is 135 Å². The number of aliphatic carboxylic acids is 1. The summed E-state index contributed by atoms with van der Waals surface area (Å²) in [4.78, 5) is 10.4. The molecule has 3 N–H and O–H groups in total. The number of carboxylic acid groups (broad SMARTS) is 1. The molecule has 0 rings (SSSR count). The summed E-state index contributed by atoms with van der Waals surface area (Å²) in [5, 5.41) is 8.56. The second kappa shape index (κ2) is 29.9. The van der Waals surface area contributed by atoms with Crippen LogP contribution in [0.5, 0.6) is 0 Å². The third kappa shape index (κ3) is 33.2. The van der Waals surface area contributed by atoms with Gasteiger partial charge in [0.15, 0.2) is 0 Å². The van der Waals surface area contributed by atoms with E-state index in [2.05, 4.69) is 20.1 Å². The largest absolute Gasteiger partial charge is 0.481 e. The molecule has 0 aliphatic carbocycles. The lowest BCUT2D eigenvalue weighted by molar-refractivity contribution is -0.137. The Labute approximate surface area is 170 Å². The summed E-state index contributed by atoms with van der Waals surface area (Å²) in [5.74, 6) is -0.651. The average molecular weight is 387 g/mol. The van der Waals surface area contributed by atoms with Gasteiger partial charge >= 0.3 is 5.97 Å². The van der Waals surface area contributed by atoms with Gasteiger partial charge in [-0.3, -0.25) is 4.79 Å². The van der Waals surface area contributed by atoms with Crippen molar-refractivity contribution in [3.05, 3.63) is 13.2 Å². The highest BCUT2D eigenvalue weighted by atomic mass is 16.4. The molecule has 0 saturated heterocycles. The zero-order valence-electron chi connectivity index (χ0n) is 18.4. The zero-order chi connectivity index (χ0) is 19.7. The van der Waals surface area contributed by atoms with Crippen molar-refractivity contribution in [1.82, 2.24) is 0 Å². The van der Waals surface area contributed by atoms with Crippen molar-refractivity contribution >= 4 is 5.97 Å². The Balaban J connectivity index is -0.00000185. The molecule has 0 spiro atoms. The van der Waals surface area contributed by atoms with Crippen LogP contribution in [-0.4, -0.2) is 16.6 Å². The normalized spacial score (nSPS) is 9.96. The van der Waals surface area contributed by atoms with E-state index in [4.69, 9.17) is 5.11 Å². The van der Waals surface area contributed by atoms with Crippen LogP contribution in [0.15, 0.2) is 13.2 Å². The molecule has 0 bridgehead atoms. The first-order valence-corrected chi connectivity index (χ1v) is 11.5. The third-order valence-electron chi connectivity index (χ3n) is 4.99. The van der Waals surface area contributed by atoms with E-state index in [1.165, 1.54) is 109 Å². The van der Waals surface area contributed by atoms with Crippen molar-refractivity contribution in [3.8, 4) is 0 Å². The fraction of sp³-hybridized carbons (Fsp3) is 0.875. The number of hydrogen-bond donors (Lipinski definition) is 1. The van der Waals surface area contributed by atoms with Crippen molar-refractivity contribution in [3.63, 3.8) is 0 Å². The Morgan fingerprint density at radius 1 is 0.556 bits per heavy atom. The van der Waals surface area contributed by atoms with E-state index in [0.717, 1.165) is 12.8 Å². The lowest BCUT2D eigenvalue weighted by Gasteiger charge is -2.03. The predicted molar refractivity (Wildman–Crippen MR) is 121 cm³/mol. The van der Waals surface area contributed by atoms with Crippen molar-refractivity contribution in [2.45, 2.75) is 135 Å². The highest BCUT2D eigenvalue weighted by Gasteiger charge is 1.97. The summed E-state index contributed by atoms with van der Waals surface area (Å²) < 4.78 is 0. The average Bonchev–Trinajstić information content (AvgIpc) is 2.65. The Morgan fingerprint density at radius 3 is 1.00 bits per heavy atom. The maximum absolute atomic E-state index is 10.4. The van der Waals surface area contributed by atoms with Gasteiger partial charge in [-0.25, -0.2) is 0 Å².